The zero-order chi connectivity index (χ0) is 14.5. The number of hydrogen-bond acceptors (Lipinski definition) is 4. The van der Waals surface area contributed by atoms with Gasteiger partial charge in [0.25, 0.3) is 5.78 Å². The molecule has 4 nitrogen and oxygen atoms in total. The first kappa shape index (κ1) is 14.1. The Morgan fingerprint density at radius 3 is 2.80 bits per heavy atom. The number of aliphatic hydroxyl groups excluding tert-OH is 1. The number of ketones is 1. The van der Waals surface area contributed by atoms with Crippen molar-refractivity contribution in [1.82, 2.24) is 0 Å². The van der Waals surface area contributed by atoms with E-state index < -0.39 is 11.8 Å². The van der Waals surface area contributed by atoms with Crippen molar-refractivity contribution in [3.63, 3.8) is 0 Å². The summed E-state index contributed by atoms with van der Waals surface area (Å²) in [6.07, 6.45) is 4.07. The maximum Gasteiger partial charge on any atom is 0.379 e. The molecule has 2 rings (SSSR count). The van der Waals surface area contributed by atoms with E-state index in [-0.39, 0.29) is 12.4 Å². The number of rotatable bonds is 4. The maximum atomic E-state index is 11.5. The van der Waals surface area contributed by atoms with Crippen molar-refractivity contribution in [2.75, 3.05) is 6.61 Å². The van der Waals surface area contributed by atoms with Crippen molar-refractivity contribution in [3.8, 4) is 0 Å². The fraction of sp³-hybridized carbons (Fsp3) is 0.250. The fourth-order valence-electron chi connectivity index (χ4n) is 2.14. The Balaban J connectivity index is 2.18. The predicted octanol–water partition coefficient (Wildman–Crippen LogP) is 2.59. The predicted molar refractivity (Wildman–Crippen MR) is 75.1 cm³/mol. The molecule has 1 aliphatic rings. The van der Waals surface area contributed by atoms with Gasteiger partial charge in [0.1, 0.15) is 5.76 Å². The molecule has 1 aromatic rings. The summed E-state index contributed by atoms with van der Waals surface area (Å²) in [6.45, 7) is 1.81. The third-order valence-corrected chi connectivity index (χ3v) is 3.15. The molecule has 0 aliphatic heterocycles. The lowest BCUT2D eigenvalue weighted by molar-refractivity contribution is -0.151. The molecular formula is C16H16O4. The van der Waals surface area contributed by atoms with Gasteiger partial charge in [0.05, 0.1) is 6.61 Å². The molecule has 0 radical (unpaired) electrons. The van der Waals surface area contributed by atoms with Crippen molar-refractivity contribution in [3.05, 3.63) is 53.1 Å². The van der Waals surface area contributed by atoms with E-state index >= 15 is 0 Å². The second-order valence-corrected chi connectivity index (χ2v) is 4.45. The SMILES string of the molecule is CCOC(=O)C(=O)/C=C/C1=C(O)c2ccccc2CC1. The molecule has 0 amide bonds. The number of ether oxygens (including phenoxy) is 1. The number of esters is 1. The summed E-state index contributed by atoms with van der Waals surface area (Å²) in [5.74, 6) is -1.43. The molecular weight excluding hydrogens is 256 g/mol. The van der Waals surface area contributed by atoms with Crippen LogP contribution in [0, 0.1) is 0 Å². The molecule has 1 aliphatic carbocycles. The summed E-state index contributed by atoms with van der Waals surface area (Å²) >= 11 is 0. The molecule has 0 spiro atoms. The van der Waals surface area contributed by atoms with Gasteiger partial charge in [-0.15, -0.1) is 0 Å². The number of aryl methyl sites for hydroxylation is 1. The Kier molecular flexibility index (Phi) is 4.35. The second-order valence-electron chi connectivity index (χ2n) is 4.45. The molecule has 1 N–H and O–H groups in total. The summed E-state index contributed by atoms with van der Waals surface area (Å²) in [4.78, 5) is 22.7. The summed E-state index contributed by atoms with van der Waals surface area (Å²) in [7, 11) is 0. The van der Waals surface area contributed by atoms with Crippen LogP contribution < -0.4 is 0 Å². The molecule has 0 fully saturated rings. The van der Waals surface area contributed by atoms with Crippen LogP contribution in [0.15, 0.2) is 42.0 Å². The average molecular weight is 272 g/mol. The summed E-state index contributed by atoms with van der Waals surface area (Å²) in [6, 6.07) is 7.59. The van der Waals surface area contributed by atoms with Crippen LogP contribution in [0.3, 0.4) is 0 Å². The minimum absolute atomic E-state index is 0.166. The zero-order valence-corrected chi connectivity index (χ0v) is 11.3. The standard InChI is InChI=1S/C16H16O4/c1-2-20-16(19)14(17)10-9-12-8-7-11-5-3-4-6-13(11)15(12)18/h3-6,9-10,18H,2,7-8H2,1H3/b10-9+. The van der Waals surface area contributed by atoms with Gasteiger partial charge in [0.15, 0.2) is 0 Å². The molecule has 0 aromatic heterocycles. The van der Waals surface area contributed by atoms with Crippen molar-refractivity contribution in [2.45, 2.75) is 19.8 Å². The molecule has 0 atom stereocenters. The van der Waals surface area contributed by atoms with Crippen molar-refractivity contribution in [1.29, 1.82) is 0 Å². The summed E-state index contributed by atoms with van der Waals surface area (Å²) in [5.41, 5.74) is 2.52. The highest BCUT2D eigenvalue weighted by Crippen LogP contribution is 2.29. The first-order valence-electron chi connectivity index (χ1n) is 6.53. The Morgan fingerprint density at radius 1 is 1.30 bits per heavy atom. The molecule has 20 heavy (non-hydrogen) atoms. The van der Waals surface area contributed by atoms with E-state index in [0.717, 1.165) is 23.6 Å². The van der Waals surface area contributed by atoms with Crippen molar-refractivity contribution in [2.24, 2.45) is 0 Å². The van der Waals surface area contributed by atoms with Crippen LogP contribution in [0.4, 0.5) is 0 Å². The minimum atomic E-state index is -0.875. The molecule has 4 heteroatoms. The lowest BCUT2D eigenvalue weighted by atomic mass is 9.90. The van der Waals surface area contributed by atoms with Gasteiger partial charge in [-0.05, 0) is 37.0 Å². The van der Waals surface area contributed by atoms with Crippen LogP contribution in [0.5, 0.6) is 0 Å². The molecule has 0 saturated carbocycles. The highest BCUT2D eigenvalue weighted by atomic mass is 16.5. The van der Waals surface area contributed by atoms with Gasteiger partial charge in [0.2, 0.25) is 0 Å². The van der Waals surface area contributed by atoms with E-state index in [4.69, 9.17) is 0 Å². The third kappa shape index (κ3) is 2.96. The largest absolute Gasteiger partial charge is 0.507 e. The van der Waals surface area contributed by atoms with Gasteiger partial charge < -0.3 is 9.84 Å². The minimum Gasteiger partial charge on any atom is -0.507 e. The smallest absolute Gasteiger partial charge is 0.379 e. The molecule has 0 heterocycles. The van der Waals surface area contributed by atoms with Crippen LogP contribution >= 0.6 is 0 Å². The van der Waals surface area contributed by atoms with Gasteiger partial charge in [-0.1, -0.05) is 30.3 Å². The first-order chi connectivity index (χ1) is 9.63. The Hall–Kier alpha value is -2.36. The third-order valence-electron chi connectivity index (χ3n) is 3.15. The van der Waals surface area contributed by atoms with E-state index in [9.17, 15) is 14.7 Å². The van der Waals surface area contributed by atoms with Crippen LogP contribution in [0.2, 0.25) is 0 Å². The monoisotopic (exact) mass is 272 g/mol. The number of fused-ring (bicyclic) bond motifs is 1. The summed E-state index contributed by atoms with van der Waals surface area (Å²) < 4.78 is 4.61. The highest BCUT2D eigenvalue weighted by Gasteiger charge is 2.17. The van der Waals surface area contributed by atoms with Crippen LogP contribution in [-0.4, -0.2) is 23.5 Å². The molecule has 0 bridgehead atoms. The molecule has 0 saturated heterocycles. The lowest BCUT2D eigenvalue weighted by Crippen LogP contribution is -2.14. The molecule has 1 aromatic carbocycles. The van der Waals surface area contributed by atoms with Crippen LogP contribution in [0.25, 0.3) is 5.76 Å². The number of aliphatic hydroxyl groups is 1. The van der Waals surface area contributed by atoms with Gasteiger partial charge in [-0.25, -0.2) is 4.79 Å². The van der Waals surface area contributed by atoms with E-state index in [0.29, 0.717) is 12.0 Å². The molecule has 104 valence electrons. The zero-order valence-electron chi connectivity index (χ0n) is 11.3. The highest BCUT2D eigenvalue weighted by molar-refractivity contribution is 6.38. The van der Waals surface area contributed by atoms with Gasteiger partial charge >= 0.3 is 5.97 Å². The molecule has 0 unspecified atom stereocenters. The number of hydrogen-bond donors (Lipinski definition) is 1. The van der Waals surface area contributed by atoms with Crippen LogP contribution in [0.1, 0.15) is 24.5 Å². The van der Waals surface area contributed by atoms with E-state index in [1.54, 1.807) is 6.92 Å². The second kappa shape index (κ2) is 6.19. The van der Waals surface area contributed by atoms with E-state index in [1.165, 1.54) is 6.08 Å². The average Bonchev–Trinajstić information content (AvgIpc) is 2.47. The van der Waals surface area contributed by atoms with Gasteiger partial charge in [0, 0.05) is 5.56 Å². The number of carbonyl (C=O) groups excluding carboxylic acids is 2. The quantitative estimate of drug-likeness (QED) is 0.520. The maximum absolute atomic E-state index is 11.5. The Labute approximate surface area is 117 Å². The van der Waals surface area contributed by atoms with E-state index in [1.807, 2.05) is 24.3 Å². The number of allylic oxidation sites excluding steroid dienone is 2. The Bertz CT molecular complexity index is 596. The lowest BCUT2D eigenvalue weighted by Gasteiger charge is -2.17. The normalized spacial score (nSPS) is 14.2. The topological polar surface area (TPSA) is 63.6 Å². The Morgan fingerprint density at radius 2 is 2.05 bits per heavy atom. The van der Waals surface area contributed by atoms with Crippen LogP contribution in [-0.2, 0) is 20.7 Å². The van der Waals surface area contributed by atoms with Crippen molar-refractivity contribution < 1.29 is 19.4 Å². The fourth-order valence-corrected chi connectivity index (χ4v) is 2.14. The number of benzene rings is 1. The van der Waals surface area contributed by atoms with Crippen molar-refractivity contribution >= 4 is 17.5 Å². The van der Waals surface area contributed by atoms with Gasteiger partial charge in [-0.3, -0.25) is 4.79 Å². The number of carbonyl (C=O) groups is 2. The van der Waals surface area contributed by atoms with E-state index in [2.05, 4.69) is 4.74 Å². The first-order valence-corrected chi connectivity index (χ1v) is 6.53. The summed E-state index contributed by atoms with van der Waals surface area (Å²) in [5, 5.41) is 10.2. The van der Waals surface area contributed by atoms with Gasteiger partial charge in [-0.2, -0.15) is 0 Å².